The maximum Gasteiger partial charge on any atom is 0.285 e. The Bertz CT molecular complexity index is 648. The molecule has 0 amide bonds. The van der Waals surface area contributed by atoms with Gasteiger partial charge in [0, 0.05) is 13.1 Å². The van der Waals surface area contributed by atoms with Crippen molar-refractivity contribution in [3.05, 3.63) is 57.5 Å². The lowest BCUT2D eigenvalue weighted by atomic mass is 9.90. The summed E-state index contributed by atoms with van der Waals surface area (Å²) in [7, 11) is 0. The molecule has 0 spiro atoms. The molecular formula is C16H18ClN3O. The van der Waals surface area contributed by atoms with Gasteiger partial charge in [-0.15, -0.1) is 0 Å². The van der Waals surface area contributed by atoms with Crippen molar-refractivity contribution >= 4 is 17.3 Å². The minimum absolute atomic E-state index is 0.242. The minimum Gasteiger partial charge on any atom is -0.369 e. The molecule has 0 bridgehead atoms. The quantitative estimate of drug-likeness (QED) is 0.948. The number of hydrogen-bond acceptors (Lipinski definition) is 3. The first-order valence-electron chi connectivity index (χ1n) is 7.26. The van der Waals surface area contributed by atoms with Gasteiger partial charge < -0.3 is 4.90 Å². The van der Waals surface area contributed by atoms with Gasteiger partial charge in [-0.2, -0.15) is 5.10 Å². The fourth-order valence-corrected chi connectivity index (χ4v) is 3.13. The van der Waals surface area contributed by atoms with Gasteiger partial charge in [0.25, 0.3) is 5.56 Å². The Kier molecular flexibility index (Phi) is 4.25. The molecule has 1 N–H and O–H groups in total. The molecule has 1 aliphatic rings. The molecule has 3 rings (SSSR count). The molecule has 0 saturated carbocycles. The standard InChI is InChI=1S/C16H18ClN3O/c17-15-14(11-18-19-16(15)21)20-8-6-13(7-9-20)10-12-4-2-1-3-5-12/h1-5,11,13H,6-10H2,(H,19,21). The minimum atomic E-state index is -0.319. The van der Waals surface area contributed by atoms with Crippen LogP contribution in [0.15, 0.2) is 41.3 Å². The number of H-pyrrole nitrogens is 1. The van der Waals surface area contributed by atoms with Gasteiger partial charge in [0.2, 0.25) is 0 Å². The highest BCUT2D eigenvalue weighted by molar-refractivity contribution is 6.32. The number of rotatable bonds is 3. The molecule has 0 aliphatic carbocycles. The number of aromatic nitrogens is 2. The smallest absolute Gasteiger partial charge is 0.285 e. The van der Waals surface area contributed by atoms with Crippen LogP contribution in [0.25, 0.3) is 0 Å². The second-order valence-corrected chi connectivity index (χ2v) is 5.90. The normalized spacial score (nSPS) is 16.1. The lowest BCUT2D eigenvalue weighted by Crippen LogP contribution is -2.35. The lowest BCUT2D eigenvalue weighted by Gasteiger charge is -2.33. The Morgan fingerprint density at radius 2 is 1.95 bits per heavy atom. The van der Waals surface area contributed by atoms with Gasteiger partial charge in [-0.3, -0.25) is 4.79 Å². The third kappa shape index (κ3) is 3.27. The van der Waals surface area contributed by atoms with Crippen LogP contribution < -0.4 is 10.5 Å². The zero-order valence-corrected chi connectivity index (χ0v) is 12.5. The molecule has 1 aromatic carbocycles. The predicted octanol–water partition coefficient (Wildman–Crippen LogP) is 2.88. The summed E-state index contributed by atoms with van der Waals surface area (Å²) in [6.07, 6.45) is 4.98. The van der Waals surface area contributed by atoms with E-state index < -0.39 is 0 Å². The third-order valence-electron chi connectivity index (χ3n) is 4.10. The first-order chi connectivity index (χ1) is 10.2. The predicted molar refractivity (Wildman–Crippen MR) is 85.0 cm³/mol. The topological polar surface area (TPSA) is 49.0 Å². The van der Waals surface area contributed by atoms with Gasteiger partial charge in [-0.25, -0.2) is 5.10 Å². The van der Waals surface area contributed by atoms with Crippen molar-refractivity contribution in [1.82, 2.24) is 10.2 Å². The number of nitrogens with one attached hydrogen (secondary N) is 1. The first kappa shape index (κ1) is 14.1. The van der Waals surface area contributed by atoms with Crippen molar-refractivity contribution in [1.29, 1.82) is 0 Å². The number of benzene rings is 1. The molecule has 0 radical (unpaired) electrons. The van der Waals surface area contributed by atoms with Crippen molar-refractivity contribution in [2.75, 3.05) is 18.0 Å². The molecule has 1 fully saturated rings. The third-order valence-corrected chi connectivity index (χ3v) is 4.46. The highest BCUT2D eigenvalue weighted by atomic mass is 35.5. The van der Waals surface area contributed by atoms with E-state index in [9.17, 15) is 4.79 Å². The summed E-state index contributed by atoms with van der Waals surface area (Å²) in [5.74, 6) is 0.692. The van der Waals surface area contributed by atoms with E-state index in [0.29, 0.717) is 5.92 Å². The van der Waals surface area contributed by atoms with E-state index in [1.165, 1.54) is 5.56 Å². The molecule has 0 atom stereocenters. The molecule has 2 aromatic rings. The van der Waals surface area contributed by atoms with Gasteiger partial charge in [-0.05, 0) is 30.7 Å². The van der Waals surface area contributed by atoms with Crippen molar-refractivity contribution < 1.29 is 0 Å². The molecule has 1 saturated heterocycles. The summed E-state index contributed by atoms with van der Waals surface area (Å²) in [5, 5.41) is 6.44. The van der Waals surface area contributed by atoms with E-state index in [1.807, 2.05) is 6.07 Å². The molecular weight excluding hydrogens is 286 g/mol. The van der Waals surface area contributed by atoms with E-state index in [-0.39, 0.29) is 10.6 Å². The van der Waals surface area contributed by atoms with Crippen LogP contribution in [0.4, 0.5) is 5.69 Å². The van der Waals surface area contributed by atoms with Crippen LogP contribution in [-0.4, -0.2) is 23.3 Å². The Morgan fingerprint density at radius 3 is 2.67 bits per heavy atom. The van der Waals surface area contributed by atoms with Crippen LogP contribution in [0.1, 0.15) is 18.4 Å². The first-order valence-corrected chi connectivity index (χ1v) is 7.64. The fraction of sp³-hybridized carbons (Fsp3) is 0.375. The van der Waals surface area contributed by atoms with Crippen LogP contribution in [0.3, 0.4) is 0 Å². The summed E-state index contributed by atoms with van der Waals surface area (Å²) in [6.45, 7) is 1.84. The SMILES string of the molecule is O=c1[nH]ncc(N2CCC(Cc3ccccc3)CC2)c1Cl. The van der Waals surface area contributed by atoms with Gasteiger partial charge in [0.15, 0.2) is 0 Å². The average molecular weight is 304 g/mol. The monoisotopic (exact) mass is 303 g/mol. The number of anilines is 1. The number of aromatic amines is 1. The van der Waals surface area contributed by atoms with Crippen LogP contribution in [0.2, 0.25) is 5.02 Å². The number of nitrogens with zero attached hydrogens (tertiary/aromatic N) is 2. The average Bonchev–Trinajstić information content (AvgIpc) is 2.52. The van der Waals surface area contributed by atoms with Crippen molar-refractivity contribution in [3.8, 4) is 0 Å². The van der Waals surface area contributed by atoms with Crippen LogP contribution >= 0.6 is 11.6 Å². The molecule has 0 unspecified atom stereocenters. The van der Waals surface area contributed by atoms with Gasteiger partial charge in [0.05, 0.1) is 11.9 Å². The van der Waals surface area contributed by atoms with E-state index in [1.54, 1.807) is 6.20 Å². The summed E-state index contributed by atoms with van der Waals surface area (Å²) in [6, 6.07) is 10.6. The molecule has 110 valence electrons. The van der Waals surface area contributed by atoms with Crippen molar-refractivity contribution in [3.63, 3.8) is 0 Å². The summed E-state index contributed by atoms with van der Waals surface area (Å²) >= 11 is 6.07. The fourth-order valence-electron chi connectivity index (χ4n) is 2.92. The Morgan fingerprint density at radius 1 is 1.24 bits per heavy atom. The highest BCUT2D eigenvalue weighted by Crippen LogP contribution is 2.28. The summed E-state index contributed by atoms with van der Waals surface area (Å²) < 4.78 is 0. The van der Waals surface area contributed by atoms with Gasteiger partial charge in [0.1, 0.15) is 5.02 Å². The second kappa shape index (κ2) is 6.31. The van der Waals surface area contributed by atoms with E-state index in [4.69, 9.17) is 11.6 Å². The molecule has 1 aliphatic heterocycles. The second-order valence-electron chi connectivity index (χ2n) is 5.52. The Balaban J connectivity index is 1.63. The zero-order chi connectivity index (χ0) is 14.7. The Hall–Kier alpha value is -1.81. The van der Waals surface area contributed by atoms with Crippen LogP contribution in [-0.2, 0) is 6.42 Å². The van der Waals surface area contributed by atoms with Crippen LogP contribution in [0, 0.1) is 5.92 Å². The molecule has 2 heterocycles. The van der Waals surface area contributed by atoms with E-state index in [2.05, 4.69) is 39.4 Å². The van der Waals surface area contributed by atoms with E-state index in [0.717, 1.165) is 38.0 Å². The number of halogens is 1. The number of piperidine rings is 1. The molecule has 1 aromatic heterocycles. The van der Waals surface area contributed by atoms with Crippen molar-refractivity contribution in [2.45, 2.75) is 19.3 Å². The maximum atomic E-state index is 11.5. The lowest BCUT2D eigenvalue weighted by molar-refractivity contribution is 0.403. The molecule has 21 heavy (non-hydrogen) atoms. The number of hydrogen-bond donors (Lipinski definition) is 1. The summed E-state index contributed by atoms with van der Waals surface area (Å²) in [5.41, 5.74) is 1.82. The van der Waals surface area contributed by atoms with Gasteiger partial charge in [-0.1, -0.05) is 41.9 Å². The highest BCUT2D eigenvalue weighted by Gasteiger charge is 2.22. The van der Waals surface area contributed by atoms with E-state index >= 15 is 0 Å². The molecule has 4 nitrogen and oxygen atoms in total. The molecule has 5 heteroatoms. The van der Waals surface area contributed by atoms with Gasteiger partial charge >= 0.3 is 0 Å². The van der Waals surface area contributed by atoms with Crippen molar-refractivity contribution in [2.24, 2.45) is 5.92 Å². The Labute approximate surface area is 128 Å². The zero-order valence-electron chi connectivity index (χ0n) is 11.8. The van der Waals surface area contributed by atoms with Crippen LogP contribution in [0.5, 0.6) is 0 Å². The largest absolute Gasteiger partial charge is 0.369 e. The summed E-state index contributed by atoms with van der Waals surface area (Å²) in [4.78, 5) is 13.7. The maximum absolute atomic E-state index is 11.5.